The van der Waals surface area contributed by atoms with Gasteiger partial charge in [-0.05, 0) is 25.0 Å². The van der Waals surface area contributed by atoms with Crippen LogP contribution in [0.1, 0.15) is 19.3 Å². The summed E-state index contributed by atoms with van der Waals surface area (Å²) in [7, 11) is 0. The number of thioether (sulfide) groups is 1. The molecule has 92 valence electrons. The summed E-state index contributed by atoms with van der Waals surface area (Å²) >= 11 is 7.45. The average molecular weight is 270 g/mol. The number of para-hydroxylation sites is 1. The molecule has 0 fully saturated rings. The number of anilines is 1. The van der Waals surface area contributed by atoms with Gasteiger partial charge in [-0.3, -0.25) is 4.79 Å². The fourth-order valence-corrected chi connectivity index (χ4v) is 3.12. The molecule has 1 aromatic carbocycles. The monoisotopic (exact) mass is 269 g/mol. The van der Waals surface area contributed by atoms with Gasteiger partial charge in [0.05, 0.1) is 5.69 Å². The number of nitrogens with zero attached hydrogens (tertiary/aromatic N) is 1. The first-order chi connectivity index (χ1) is 8.33. The third kappa shape index (κ3) is 3.17. The summed E-state index contributed by atoms with van der Waals surface area (Å²) in [5, 5.41) is 0. The van der Waals surface area contributed by atoms with E-state index >= 15 is 0 Å². The van der Waals surface area contributed by atoms with Crippen LogP contribution in [0.15, 0.2) is 29.2 Å². The third-order valence-electron chi connectivity index (χ3n) is 2.80. The van der Waals surface area contributed by atoms with Crippen LogP contribution in [0.4, 0.5) is 5.69 Å². The molecule has 0 saturated heterocycles. The predicted octanol–water partition coefficient (Wildman–Crippen LogP) is 3.53. The largest absolute Gasteiger partial charge is 0.311 e. The van der Waals surface area contributed by atoms with E-state index in [1.807, 2.05) is 23.1 Å². The van der Waals surface area contributed by atoms with Gasteiger partial charge in [-0.15, -0.1) is 23.4 Å². The maximum atomic E-state index is 12.1. The molecule has 1 aliphatic rings. The molecule has 0 aromatic heterocycles. The smallest absolute Gasteiger partial charge is 0.227 e. The Morgan fingerprint density at radius 2 is 2.12 bits per heavy atom. The van der Waals surface area contributed by atoms with Crippen LogP contribution < -0.4 is 4.90 Å². The molecular weight excluding hydrogens is 254 g/mol. The molecule has 0 saturated carbocycles. The molecule has 0 atom stereocenters. The second-order valence-electron chi connectivity index (χ2n) is 4.01. The van der Waals surface area contributed by atoms with Crippen molar-refractivity contribution in [2.24, 2.45) is 0 Å². The molecule has 1 amide bonds. The van der Waals surface area contributed by atoms with E-state index in [2.05, 4.69) is 6.07 Å². The highest BCUT2D eigenvalue weighted by molar-refractivity contribution is 7.99. The Morgan fingerprint density at radius 3 is 2.94 bits per heavy atom. The lowest BCUT2D eigenvalue weighted by Gasteiger charge is -2.22. The molecule has 1 heterocycles. The van der Waals surface area contributed by atoms with Gasteiger partial charge in [-0.25, -0.2) is 0 Å². The normalized spacial score (nSPS) is 15.6. The van der Waals surface area contributed by atoms with Gasteiger partial charge in [0.25, 0.3) is 0 Å². The Hall–Kier alpha value is -0.670. The number of unbranched alkanes of at least 4 members (excludes halogenated alkanes) is 1. The Balaban J connectivity index is 2.18. The van der Waals surface area contributed by atoms with Crippen molar-refractivity contribution in [3.05, 3.63) is 24.3 Å². The first-order valence-electron chi connectivity index (χ1n) is 5.91. The minimum atomic E-state index is 0.233. The summed E-state index contributed by atoms with van der Waals surface area (Å²) in [5.74, 6) is 1.78. The van der Waals surface area contributed by atoms with E-state index in [0.29, 0.717) is 12.3 Å². The number of amides is 1. The lowest BCUT2D eigenvalue weighted by atomic mass is 10.2. The van der Waals surface area contributed by atoms with Crippen LogP contribution in [0.25, 0.3) is 0 Å². The number of carbonyl (C=O) groups is 1. The molecule has 0 bridgehead atoms. The lowest BCUT2D eigenvalue weighted by Crippen LogP contribution is -2.31. The molecule has 0 N–H and O–H groups in total. The fourth-order valence-electron chi connectivity index (χ4n) is 1.93. The van der Waals surface area contributed by atoms with Crippen LogP contribution in [0.5, 0.6) is 0 Å². The second kappa shape index (κ2) is 6.31. The van der Waals surface area contributed by atoms with Gasteiger partial charge >= 0.3 is 0 Å². The van der Waals surface area contributed by atoms with Crippen LogP contribution in [-0.4, -0.2) is 24.1 Å². The van der Waals surface area contributed by atoms with Crippen LogP contribution >= 0.6 is 23.4 Å². The highest BCUT2D eigenvalue weighted by atomic mass is 35.5. The van der Waals surface area contributed by atoms with Crippen molar-refractivity contribution in [2.75, 3.05) is 23.1 Å². The van der Waals surface area contributed by atoms with Crippen molar-refractivity contribution in [1.29, 1.82) is 0 Å². The van der Waals surface area contributed by atoms with Crippen molar-refractivity contribution in [3.8, 4) is 0 Å². The Labute approximate surface area is 111 Å². The van der Waals surface area contributed by atoms with Crippen LogP contribution in [0.2, 0.25) is 0 Å². The van der Waals surface area contributed by atoms with Crippen LogP contribution in [0.3, 0.4) is 0 Å². The number of fused-ring (bicyclic) bond motifs is 1. The van der Waals surface area contributed by atoms with E-state index < -0.39 is 0 Å². The van der Waals surface area contributed by atoms with Crippen LogP contribution in [0, 0.1) is 0 Å². The average Bonchev–Trinajstić information content (AvgIpc) is 2.50. The maximum Gasteiger partial charge on any atom is 0.227 e. The summed E-state index contributed by atoms with van der Waals surface area (Å²) in [6.07, 6.45) is 2.55. The first kappa shape index (κ1) is 12.8. The van der Waals surface area contributed by atoms with E-state index in [-0.39, 0.29) is 5.91 Å². The fraction of sp³-hybridized carbons (Fsp3) is 0.462. The molecule has 1 aliphatic heterocycles. The molecule has 0 aliphatic carbocycles. The third-order valence-corrected chi connectivity index (χ3v) is 4.13. The zero-order valence-corrected chi connectivity index (χ0v) is 11.3. The number of hydrogen-bond donors (Lipinski definition) is 0. The SMILES string of the molecule is O=C1CCSc2ccccc2N1CCCCCl. The molecule has 0 spiro atoms. The molecule has 2 rings (SSSR count). The summed E-state index contributed by atoms with van der Waals surface area (Å²) in [4.78, 5) is 15.2. The number of carbonyl (C=O) groups excluding carboxylic acids is 1. The van der Waals surface area contributed by atoms with Gasteiger partial charge < -0.3 is 4.90 Å². The van der Waals surface area contributed by atoms with E-state index in [0.717, 1.165) is 30.8 Å². The number of rotatable bonds is 4. The topological polar surface area (TPSA) is 20.3 Å². The lowest BCUT2D eigenvalue weighted by molar-refractivity contribution is -0.118. The molecule has 17 heavy (non-hydrogen) atoms. The molecule has 4 heteroatoms. The highest BCUT2D eigenvalue weighted by Crippen LogP contribution is 2.34. The van der Waals surface area contributed by atoms with Crippen molar-refractivity contribution in [2.45, 2.75) is 24.2 Å². The van der Waals surface area contributed by atoms with E-state index in [9.17, 15) is 4.79 Å². The number of halogens is 1. The molecular formula is C13H16ClNOS. The Kier molecular flexibility index (Phi) is 4.75. The number of benzene rings is 1. The van der Waals surface area contributed by atoms with Crippen molar-refractivity contribution in [1.82, 2.24) is 0 Å². The molecule has 1 aromatic rings. The van der Waals surface area contributed by atoms with Crippen molar-refractivity contribution >= 4 is 35.0 Å². The maximum absolute atomic E-state index is 12.1. The summed E-state index contributed by atoms with van der Waals surface area (Å²) in [5.41, 5.74) is 1.06. The summed E-state index contributed by atoms with van der Waals surface area (Å²) in [6.45, 7) is 0.781. The van der Waals surface area contributed by atoms with Gasteiger partial charge in [0.2, 0.25) is 5.91 Å². The summed E-state index contributed by atoms with van der Waals surface area (Å²) < 4.78 is 0. The van der Waals surface area contributed by atoms with Gasteiger partial charge in [-0.2, -0.15) is 0 Å². The standard InChI is InChI=1S/C13H16ClNOS/c14-8-3-4-9-15-11-5-1-2-6-12(11)17-10-7-13(15)16/h1-2,5-6H,3-4,7-10H2. The van der Waals surface area contributed by atoms with E-state index in [1.165, 1.54) is 4.90 Å². The molecule has 2 nitrogen and oxygen atoms in total. The van der Waals surface area contributed by atoms with E-state index in [1.54, 1.807) is 11.8 Å². The summed E-state index contributed by atoms with van der Waals surface area (Å²) in [6, 6.07) is 8.14. The predicted molar refractivity (Wildman–Crippen MR) is 74.1 cm³/mol. The van der Waals surface area contributed by atoms with Gasteiger partial charge in [0, 0.05) is 29.5 Å². The first-order valence-corrected chi connectivity index (χ1v) is 7.43. The molecule has 0 unspecified atom stereocenters. The van der Waals surface area contributed by atoms with Crippen molar-refractivity contribution in [3.63, 3.8) is 0 Å². The number of hydrogen-bond acceptors (Lipinski definition) is 2. The van der Waals surface area contributed by atoms with Crippen molar-refractivity contribution < 1.29 is 4.79 Å². The number of alkyl halides is 1. The quantitative estimate of drug-likeness (QED) is 0.616. The van der Waals surface area contributed by atoms with Gasteiger partial charge in [-0.1, -0.05) is 12.1 Å². The van der Waals surface area contributed by atoms with Crippen LogP contribution in [-0.2, 0) is 4.79 Å². The Bertz CT molecular complexity index is 397. The van der Waals surface area contributed by atoms with Gasteiger partial charge in [0.1, 0.15) is 0 Å². The van der Waals surface area contributed by atoms with E-state index in [4.69, 9.17) is 11.6 Å². The Morgan fingerprint density at radius 1 is 1.29 bits per heavy atom. The van der Waals surface area contributed by atoms with Gasteiger partial charge in [0.15, 0.2) is 0 Å². The minimum absolute atomic E-state index is 0.233. The minimum Gasteiger partial charge on any atom is -0.311 e. The zero-order valence-electron chi connectivity index (χ0n) is 9.69. The molecule has 0 radical (unpaired) electrons. The zero-order chi connectivity index (χ0) is 12.1. The second-order valence-corrected chi connectivity index (χ2v) is 5.52. The highest BCUT2D eigenvalue weighted by Gasteiger charge is 2.21.